The van der Waals surface area contributed by atoms with E-state index in [1.807, 2.05) is 0 Å². The molecule has 2 rings (SSSR count). The maximum absolute atomic E-state index is 12.3. The first kappa shape index (κ1) is 16.7. The Bertz CT molecular complexity index is 383. The molecule has 2 aliphatic rings. The van der Waals surface area contributed by atoms with Gasteiger partial charge in [-0.15, -0.1) is 0 Å². The van der Waals surface area contributed by atoms with Crippen molar-refractivity contribution < 1.29 is 9.90 Å². The molecule has 0 bridgehead atoms. The fourth-order valence-corrected chi connectivity index (χ4v) is 3.87. The van der Waals surface area contributed by atoms with Crippen molar-refractivity contribution in [3.8, 4) is 0 Å². The molecule has 0 radical (unpaired) electrons. The van der Waals surface area contributed by atoms with Crippen LogP contribution in [0.4, 0.5) is 0 Å². The highest BCUT2D eigenvalue weighted by molar-refractivity contribution is 5.85. The third-order valence-electron chi connectivity index (χ3n) is 5.52. The summed E-state index contributed by atoms with van der Waals surface area (Å²) >= 11 is 0. The number of rotatable bonds is 4. The van der Waals surface area contributed by atoms with Gasteiger partial charge >= 0.3 is 0 Å². The zero-order valence-electron chi connectivity index (χ0n) is 14.0. The number of ketones is 1. The van der Waals surface area contributed by atoms with Crippen LogP contribution in [0.2, 0.25) is 0 Å². The standard InChI is InChI=1S/C19H32O2/c1-19(2,3)16-11-9-14(10-12-16)13-17(20)18(21)15-7-5-4-6-8-15/h9,15-17,20H,4-8,10-13H2,1-3H3/t16-,17+/m1/s1. The molecule has 1 saturated carbocycles. The molecule has 21 heavy (non-hydrogen) atoms. The van der Waals surface area contributed by atoms with Gasteiger partial charge in [0.05, 0.1) is 0 Å². The number of allylic oxidation sites excluding steroid dienone is 1. The van der Waals surface area contributed by atoms with Crippen LogP contribution in [0.1, 0.15) is 78.6 Å². The van der Waals surface area contributed by atoms with E-state index in [1.165, 1.54) is 18.4 Å². The van der Waals surface area contributed by atoms with Crippen molar-refractivity contribution in [1.82, 2.24) is 0 Å². The molecule has 0 saturated heterocycles. The predicted octanol–water partition coefficient (Wildman–Crippen LogP) is 4.66. The van der Waals surface area contributed by atoms with Gasteiger partial charge in [0, 0.05) is 12.3 Å². The average Bonchev–Trinajstić information content (AvgIpc) is 2.47. The van der Waals surface area contributed by atoms with Crippen LogP contribution in [0, 0.1) is 17.3 Å². The highest BCUT2D eigenvalue weighted by Crippen LogP contribution is 2.38. The van der Waals surface area contributed by atoms with Crippen LogP contribution in [0.25, 0.3) is 0 Å². The SMILES string of the molecule is CC(C)(C)[C@@H]1CC=C(C[C@H](O)C(=O)C2CCCCC2)CC1. The maximum Gasteiger partial charge on any atom is 0.164 e. The molecule has 120 valence electrons. The van der Waals surface area contributed by atoms with Gasteiger partial charge in [-0.25, -0.2) is 0 Å². The van der Waals surface area contributed by atoms with Gasteiger partial charge in [0.25, 0.3) is 0 Å². The van der Waals surface area contributed by atoms with E-state index < -0.39 is 6.10 Å². The van der Waals surface area contributed by atoms with Gasteiger partial charge in [-0.1, -0.05) is 51.7 Å². The summed E-state index contributed by atoms with van der Waals surface area (Å²) in [7, 11) is 0. The summed E-state index contributed by atoms with van der Waals surface area (Å²) in [5.74, 6) is 0.959. The van der Waals surface area contributed by atoms with E-state index in [2.05, 4.69) is 26.8 Å². The molecule has 2 aliphatic carbocycles. The molecule has 0 aliphatic heterocycles. The third-order valence-corrected chi connectivity index (χ3v) is 5.52. The molecule has 0 heterocycles. The number of hydrogen-bond donors (Lipinski definition) is 1. The van der Waals surface area contributed by atoms with E-state index in [0.29, 0.717) is 11.8 Å². The minimum atomic E-state index is -0.759. The summed E-state index contributed by atoms with van der Waals surface area (Å²) in [5, 5.41) is 10.3. The summed E-state index contributed by atoms with van der Waals surface area (Å²) in [6.45, 7) is 6.91. The summed E-state index contributed by atoms with van der Waals surface area (Å²) < 4.78 is 0. The van der Waals surface area contributed by atoms with E-state index in [9.17, 15) is 9.90 Å². The Kier molecular flexibility index (Phi) is 5.65. The van der Waals surface area contributed by atoms with E-state index in [0.717, 1.165) is 44.4 Å². The minimum Gasteiger partial charge on any atom is -0.385 e. The van der Waals surface area contributed by atoms with E-state index in [-0.39, 0.29) is 11.7 Å². The number of aliphatic hydroxyl groups is 1. The van der Waals surface area contributed by atoms with Crippen LogP contribution in [-0.4, -0.2) is 17.0 Å². The van der Waals surface area contributed by atoms with E-state index >= 15 is 0 Å². The van der Waals surface area contributed by atoms with Crippen LogP contribution in [0.15, 0.2) is 11.6 Å². The quantitative estimate of drug-likeness (QED) is 0.765. The number of carbonyl (C=O) groups excluding carboxylic acids is 1. The van der Waals surface area contributed by atoms with Crippen molar-refractivity contribution in [3.63, 3.8) is 0 Å². The van der Waals surface area contributed by atoms with Gasteiger partial charge in [-0.05, 0) is 43.4 Å². The monoisotopic (exact) mass is 292 g/mol. The first-order valence-electron chi connectivity index (χ1n) is 8.77. The maximum atomic E-state index is 12.3. The molecule has 0 unspecified atom stereocenters. The average molecular weight is 292 g/mol. The van der Waals surface area contributed by atoms with E-state index in [4.69, 9.17) is 0 Å². The molecule has 2 heteroatoms. The van der Waals surface area contributed by atoms with Crippen molar-refractivity contribution in [2.75, 3.05) is 0 Å². The molecule has 0 aromatic rings. The van der Waals surface area contributed by atoms with Gasteiger partial charge in [0.2, 0.25) is 0 Å². The second kappa shape index (κ2) is 7.09. The highest BCUT2D eigenvalue weighted by atomic mass is 16.3. The lowest BCUT2D eigenvalue weighted by atomic mass is 9.72. The summed E-state index contributed by atoms with van der Waals surface area (Å²) in [6, 6.07) is 0. The molecule has 2 atom stereocenters. The molecular weight excluding hydrogens is 260 g/mol. The summed E-state index contributed by atoms with van der Waals surface area (Å²) in [6.07, 6.45) is 11.0. The van der Waals surface area contributed by atoms with Crippen LogP contribution < -0.4 is 0 Å². The number of hydrogen-bond acceptors (Lipinski definition) is 2. The van der Waals surface area contributed by atoms with Gasteiger partial charge in [-0.2, -0.15) is 0 Å². The lowest BCUT2D eigenvalue weighted by Crippen LogP contribution is -2.30. The third kappa shape index (κ3) is 4.67. The Hall–Kier alpha value is -0.630. The van der Waals surface area contributed by atoms with Gasteiger partial charge in [0.15, 0.2) is 5.78 Å². The van der Waals surface area contributed by atoms with Crippen molar-refractivity contribution in [2.45, 2.75) is 84.7 Å². The molecule has 0 spiro atoms. The fraction of sp³-hybridized carbons (Fsp3) is 0.842. The number of Topliss-reactive ketones (excluding diaryl/α,β-unsaturated/α-hetero) is 1. The molecule has 0 aromatic heterocycles. The minimum absolute atomic E-state index is 0.105. The largest absolute Gasteiger partial charge is 0.385 e. The zero-order chi connectivity index (χ0) is 15.5. The topological polar surface area (TPSA) is 37.3 Å². The van der Waals surface area contributed by atoms with Crippen LogP contribution in [0.5, 0.6) is 0 Å². The summed E-state index contributed by atoms with van der Waals surface area (Å²) in [4.78, 5) is 12.3. The normalized spacial score (nSPS) is 26.3. The van der Waals surface area contributed by atoms with Crippen LogP contribution in [-0.2, 0) is 4.79 Å². The van der Waals surface area contributed by atoms with Gasteiger partial charge < -0.3 is 5.11 Å². The van der Waals surface area contributed by atoms with Crippen LogP contribution in [0.3, 0.4) is 0 Å². The Balaban J connectivity index is 1.84. The Labute approximate surface area is 130 Å². The molecule has 0 aromatic carbocycles. The van der Waals surface area contributed by atoms with Gasteiger partial charge in [-0.3, -0.25) is 4.79 Å². The molecule has 0 amide bonds. The second-order valence-corrected chi connectivity index (χ2v) is 8.16. The smallest absolute Gasteiger partial charge is 0.164 e. The van der Waals surface area contributed by atoms with Crippen LogP contribution >= 0.6 is 0 Å². The van der Waals surface area contributed by atoms with Crippen molar-refractivity contribution >= 4 is 5.78 Å². The highest BCUT2D eigenvalue weighted by Gasteiger charge is 2.30. The lowest BCUT2D eigenvalue weighted by Gasteiger charge is -2.33. The zero-order valence-corrected chi connectivity index (χ0v) is 14.0. The number of carbonyl (C=O) groups is 1. The first-order chi connectivity index (χ1) is 9.88. The lowest BCUT2D eigenvalue weighted by molar-refractivity contribution is -0.132. The van der Waals surface area contributed by atoms with Gasteiger partial charge in [0.1, 0.15) is 6.10 Å². The van der Waals surface area contributed by atoms with Crippen molar-refractivity contribution in [1.29, 1.82) is 0 Å². The Morgan fingerprint density at radius 2 is 1.90 bits per heavy atom. The number of aliphatic hydroxyl groups excluding tert-OH is 1. The molecule has 1 N–H and O–H groups in total. The van der Waals surface area contributed by atoms with Crippen molar-refractivity contribution in [2.24, 2.45) is 17.3 Å². The predicted molar refractivity (Wildman–Crippen MR) is 87.1 cm³/mol. The Morgan fingerprint density at radius 3 is 2.43 bits per heavy atom. The first-order valence-corrected chi connectivity index (χ1v) is 8.77. The van der Waals surface area contributed by atoms with Crippen molar-refractivity contribution in [3.05, 3.63) is 11.6 Å². The molecule has 1 fully saturated rings. The second-order valence-electron chi connectivity index (χ2n) is 8.16. The summed E-state index contributed by atoms with van der Waals surface area (Å²) in [5.41, 5.74) is 1.66. The fourth-order valence-electron chi connectivity index (χ4n) is 3.87. The van der Waals surface area contributed by atoms with E-state index in [1.54, 1.807) is 0 Å². The Morgan fingerprint density at radius 1 is 1.24 bits per heavy atom. The molecule has 2 nitrogen and oxygen atoms in total. The molecular formula is C19H32O2.